The summed E-state index contributed by atoms with van der Waals surface area (Å²) in [6, 6.07) is 10.0. The summed E-state index contributed by atoms with van der Waals surface area (Å²) in [4.78, 5) is 15.4. The monoisotopic (exact) mass is 386 g/mol. The molecule has 2 aromatic rings. The van der Waals surface area contributed by atoms with E-state index in [2.05, 4.69) is 15.3 Å². The molecular weight excluding hydrogens is 360 g/mol. The highest BCUT2D eigenvalue weighted by Gasteiger charge is 2.33. The zero-order valence-electron chi connectivity index (χ0n) is 15.8. The summed E-state index contributed by atoms with van der Waals surface area (Å²) in [7, 11) is 1.81. The molecule has 27 heavy (non-hydrogen) atoms. The molecule has 2 fully saturated rings. The van der Waals surface area contributed by atoms with E-state index in [9.17, 15) is 4.79 Å². The number of piperidine rings is 2. The predicted octanol–water partition coefficient (Wildman–Crippen LogP) is 3.73. The Bertz CT molecular complexity index is 816. The fourth-order valence-electron chi connectivity index (χ4n) is 4.60. The largest absolute Gasteiger partial charge is 0.350 e. The van der Waals surface area contributed by atoms with Crippen molar-refractivity contribution in [3.05, 3.63) is 41.0 Å². The molecule has 4 rings (SSSR count). The number of aryl methyl sites for hydroxylation is 1. The van der Waals surface area contributed by atoms with Gasteiger partial charge in [-0.25, -0.2) is 0 Å². The number of fused-ring (bicyclic) bond motifs is 1. The van der Waals surface area contributed by atoms with Gasteiger partial charge >= 0.3 is 0 Å². The molecule has 0 bridgehead atoms. The summed E-state index contributed by atoms with van der Waals surface area (Å²) < 4.78 is 1.65. The van der Waals surface area contributed by atoms with Gasteiger partial charge in [-0.1, -0.05) is 30.2 Å². The van der Waals surface area contributed by atoms with Crippen LogP contribution in [0, 0.1) is 5.92 Å². The number of benzene rings is 1. The molecule has 1 amide bonds. The van der Waals surface area contributed by atoms with Crippen LogP contribution in [0.4, 0.5) is 0 Å². The van der Waals surface area contributed by atoms with Gasteiger partial charge in [0.25, 0.3) is 5.91 Å². The number of nitrogens with one attached hydrogen (secondary N) is 1. The molecule has 0 saturated carbocycles. The number of hydrogen-bond donors (Lipinski definition) is 1. The van der Waals surface area contributed by atoms with E-state index in [4.69, 9.17) is 11.6 Å². The Morgan fingerprint density at radius 2 is 2.07 bits per heavy atom. The topological polar surface area (TPSA) is 50.2 Å². The smallest absolute Gasteiger partial charge is 0.269 e. The van der Waals surface area contributed by atoms with Gasteiger partial charge in [-0.3, -0.25) is 9.48 Å². The number of nitrogens with zero attached hydrogens (tertiary/aromatic N) is 3. The molecule has 0 spiro atoms. The zero-order chi connectivity index (χ0) is 18.8. The third kappa shape index (κ3) is 4.04. The van der Waals surface area contributed by atoms with Gasteiger partial charge in [-0.2, -0.15) is 5.10 Å². The fourth-order valence-corrected chi connectivity index (χ4v) is 4.79. The minimum Gasteiger partial charge on any atom is -0.350 e. The maximum absolute atomic E-state index is 12.8. The highest BCUT2D eigenvalue weighted by molar-refractivity contribution is 6.30. The molecule has 1 aromatic heterocycles. The third-order valence-corrected chi connectivity index (χ3v) is 6.22. The van der Waals surface area contributed by atoms with Crippen LogP contribution in [0.1, 0.15) is 42.6 Å². The van der Waals surface area contributed by atoms with Crippen molar-refractivity contribution in [2.24, 2.45) is 13.0 Å². The third-order valence-electron chi connectivity index (χ3n) is 5.99. The van der Waals surface area contributed by atoms with Crippen molar-refractivity contribution in [2.75, 3.05) is 19.6 Å². The van der Waals surface area contributed by atoms with E-state index in [1.807, 2.05) is 37.4 Å². The van der Waals surface area contributed by atoms with Crippen LogP contribution in [-0.4, -0.2) is 46.3 Å². The first-order valence-corrected chi connectivity index (χ1v) is 10.3. The van der Waals surface area contributed by atoms with Gasteiger partial charge in [0, 0.05) is 30.2 Å². The molecule has 5 nitrogen and oxygen atoms in total. The number of rotatable bonds is 4. The van der Waals surface area contributed by atoms with E-state index in [0.717, 1.165) is 17.8 Å². The van der Waals surface area contributed by atoms with Gasteiger partial charge in [0.15, 0.2) is 0 Å². The lowest BCUT2D eigenvalue weighted by Gasteiger charge is -2.44. The van der Waals surface area contributed by atoms with E-state index in [-0.39, 0.29) is 5.91 Å². The maximum Gasteiger partial charge on any atom is 0.269 e. The van der Waals surface area contributed by atoms with Crippen molar-refractivity contribution in [3.8, 4) is 11.3 Å². The molecule has 3 heterocycles. The average Bonchev–Trinajstić information content (AvgIpc) is 3.08. The Morgan fingerprint density at radius 1 is 1.22 bits per heavy atom. The second-order valence-electron chi connectivity index (χ2n) is 7.76. The molecule has 6 heteroatoms. The van der Waals surface area contributed by atoms with Gasteiger partial charge in [-0.15, -0.1) is 0 Å². The predicted molar refractivity (Wildman–Crippen MR) is 108 cm³/mol. The molecule has 2 saturated heterocycles. The quantitative estimate of drug-likeness (QED) is 0.870. The molecule has 0 aliphatic carbocycles. The van der Waals surface area contributed by atoms with Crippen molar-refractivity contribution < 1.29 is 4.79 Å². The Hall–Kier alpha value is -1.85. The number of halogens is 1. The lowest BCUT2D eigenvalue weighted by atomic mass is 9.83. The SMILES string of the molecule is Cn1nc(-c2cccc(Cl)c2)cc1C(=O)NCC1CCCN2CCCCC12. The van der Waals surface area contributed by atoms with Crippen LogP contribution in [0.25, 0.3) is 11.3 Å². The van der Waals surface area contributed by atoms with Crippen LogP contribution in [0.5, 0.6) is 0 Å². The first-order valence-electron chi connectivity index (χ1n) is 9.94. The zero-order valence-corrected chi connectivity index (χ0v) is 16.6. The lowest BCUT2D eigenvalue weighted by molar-refractivity contribution is 0.0574. The molecule has 1 N–H and O–H groups in total. The Labute approximate surface area is 165 Å². The van der Waals surface area contributed by atoms with Crippen molar-refractivity contribution in [3.63, 3.8) is 0 Å². The normalized spacial score (nSPS) is 23.0. The van der Waals surface area contributed by atoms with Crippen LogP contribution in [0.15, 0.2) is 30.3 Å². The van der Waals surface area contributed by atoms with E-state index in [0.29, 0.717) is 22.7 Å². The van der Waals surface area contributed by atoms with Crippen molar-refractivity contribution in [1.82, 2.24) is 20.0 Å². The number of aromatic nitrogens is 2. The van der Waals surface area contributed by atoms with Crippen LogP contribution in [0.3, 0.4) is 0 Å². The van der Waals surface area contributed by atoms with Gasteiger partial charge in [0.2, 0.25) is 0 Å². The van der Waals surface area contributed by atoms with Gasteiger partial charge in [0.1, 0.15) is 5.69 Å². The molecule has 1 aromatic carbocycles. The summed E-state index contributed by atoms with van der Waals surface area (Å²) in [6.07, 6.45) is 6.35. The Morgan fingerprint density at radius 3 is 2.93 bits per heavy atom. The van der Waals surface area contributed by atoms with Gasteiger partial charge < -0.3 is 10.2 Å². The highest BCUT2D eigenvalue weighted by atomic mass is 35.5. The van der Waals surface area contributed by atoms with Gasteiger partial charge in [-0.05, 0) is 62.9 Å². The summed E-state index contributed by atoms with van der Waals surface area (Å²) in [6.45, 7) is 3.19. The maximum atomic E-state index is 12.8. The lowest BCUT2D eigenvalue weighted by Crippen LogP contribution is -2.51. The van der Waals surface area contributed by atoms with Crippen LogP contribution < -0.4 is 5.32 Å². The van der Waals surface area contributed by atoms with E-state index < -0.39 is 0 Å². The van der Waals surface area contributed by atoms with E-state index >= 15 is 0 Å². The molecule has 0 radical (unpaired) electrons. The van der Waals surface area contributed by atoms with E-state index in [1.165, 1.54) is 45.2 Å². The molecule has 2 unspecified atom stereocenters. The second kappa shape index (κ2) is 8.03. The minimum atomic E-state index is -0.0498. The first kappa shape index (κ1) is 18.5. The van der Waals surface area contributed by atoms with E-state index in [1.54, 1.807) is 4.68 Å². The number of carbonyl (C=O) groups excluding carboxylic acids is 1. The van der Waals surface area contributed by atoms with Gasteiger partial charge in [0.05, 0.1) is 5.69 Å². The molecule has 2 aliphatic heterocycles. The standard InChI is InChI=1S/C21H27ClN4O/c1-25-20(13-18(24-25)15-6-4-8-17(22)12-15)21(27)23-14-16-7-5-11-26-10-3-2-9-19(16)26/h4,6,8,12-13,16,19H,2-3,5,7,9-11,14H2,1H3,(H,23,27). The molecular formula is C21H27ClN4O. The number of amides is 1. The van der Waals surface area contributed by atoms with Crippen LogP contribution in [0.2, 0.25) is 5.02 Å². The summed E-state index contributed by atoms with van der Waals surface area (Å²) in [5, 5.41) is 8.32. The highest BCUT2D eigenvalue weighted by Crippen LogP contribution is 2.30. The minimum absolute atomic E-state index is 0.0498. The Kier molecular flexibility index (Phi) is 5.50. The second-order valence-corrected chi connectivity index (χ2v) is 8.20. The number of hydrogen-bond acceptors (Lipinski definition) is 3. The van der Waals surface area contributed by atoms with Crippen molar-refractivity contribution in [2.45, 2.75) is 38.1 Å². The van der Waals surface area contributed by atoms with Crippen LogP contribution in [-0.2, 0) is 7.05 Å². The number of carbonyl (C=O) groups is 1. The molecule has 2 atom stereocenters. The molecule has 144 valence electrons. The first-order chi connectivity index (χ1) is 13.1. The van der Waals surface area contributed by atoms with Crippen molar-refractivity contribution in [1.29, 1.82) is 0 Å². The summed E-state index contributed by atoms with van der Waals surface area (Å²) in [5.41, 5.74) is 2.27. The Balaban J connectivity index is 1.42. The van der Waals surface area contributed by atoms with Crippen molar-refractivity contribution >= 4 is 17.5 Å². The fraction of sp³-hybridized carbons (Fsp3) is 0.524. The summed E-state index contributed by atoms with van der Waals surface area (Å²) in [5.74, 6) is 0.509. The molecule has 2 aliphatic rings. The average molecular weight is 387 g/mol. The van der Waals surface area contributed by atoms with Crippen LogP contribution >= 0.6 is 11.6 Å². The summed E-state index contributed by atoms with van der Waals surface area (Å²) >= 11 is 6.08.